The van der Waals surface area contributed by atoms with Crippen LogP contribution in [0.25, 0.3) is 0 Å². The highest BCUT2D eigenvalue weighted by molar-refractivity contribution is 5.85. The van der Waals surface area contributed by atoms with E-state index in [1.165, 1.54) is 4.90 Å². The molecular weight excluding hydrogens is 320 g/mol. The molecule has 0 aromatic carbocycles. The standard InChI is InChI=1S/C18H34N4O3/c1-6-13(3)20-18(19-12-16(23)22(4)5)21-15-10-8-14(9-11-15)17(24)25-7-2/h13-15H,6-12H2,1-5H3,(H2,19,20,21). The molecule has 7 heteroatoms. The van der Waals surface area contributed by atoms with Gasteiger partial charge in [-0.05, 0) is 46.0 Å². The second-order valence-electron chi connectivity index (χ2n) is 6.85. The normalized spacial score (nSPS) is 22.0. The number of amides is 1. The quantitative estimate of drug-likeness (QED) is 0.412. The van der Waals surface area contributed by atoms with E-state index in [2.05, 4.69) is 29.5 Å². The number of guanidine groups is 1. The molecule has 1 aliphatic rings. The van der Waals surface area contributed by atoms with Crippen molar-refractivity contribution in [2.24, 2.45) is 10.9 Å². The number of likely N-dealkylation sites (N-methyl/N-ethyl adjacent to an activating group) is 1. The van der Waals surface area contributed by atoms with Crippen molar-refractivity contribution in [1.82, 2.24) is 15.5 Å². The Kier molecular flexibility index (Phi) is 9.31. The Morgan fingerprint density at radius 1 is 1.20 bits per heavy atom. The molecule has 144 valence electrons. The van der Waals surface area contributed by atoms with Crippen LogP contribution < -0.4 is 10.6 Å². The minimum atomic E-state index is -0.0795. The van der Waals surface area contributed by atoms with E-state index < -0.39 is 0 Å². The molecule has 1 amide bonds. The number of aliphatic imine (C=N–C) groups is 1. The maximum atomic E-state index is 11.8. The Morgan fingerprint density at radius 2 is 1.84 bits per heavy atom. The first-order valence-corrected chi connectivity index (χ1v) is 9.31. The molecule has 0 aromatic rings. The molecule has 0 radical (unpaired) electrons. The van der Waals surface area contributed by atoms with E-state index in [0.717, 1.165) is 32.1 Å². The molecule has 2 N–H and O–H groups in total. The van der Waals surface area contributed by atoms with Crippen LogP contribution in [0.3, 0.4) is 0 Å². The molecular formula is C18H34N4O3. The lowest BCUT2D eigenvalue weighted by atomic mass is 9.86. The third kappa shape index (κ3) is 7.75. The van der Waals surface area contributed by atoms with Crippen molar-refractivity contribution < 1.29 is 14.3 Å². The first-order valence-electron chi connectivity index (χ1n) is 9.31. The number of carbonyl (C=O) groups is 2. The number of nitrogens with one attached hydrogen (secondary N) is 2. The number of carbonyl (C=O) groups excluding carboxylic acids is 2. The summed E-state index contributed by atoms with van der Waals surface area (Å²) in [7, 11) is 3.45. The van der Waals surface area contributed by atoms with Gasteiger partial charge in [-0.2, -0.15) is 0 Å². The molecule has 1 fully saturated rings. The summed E-state index contributed by atoms with van der Waals surface area (Å²) in [5, 5.41) is 6.76. The highest BCUT2D eigenvalue weighted by Gasteiger charge is 2.27. The van der Waals surface area contributed by atoms with Crippen LogP contribution >= 0.6 is 0 Å². The predicted molar refractivity (Wildman–Crippen MR) is 99.4 cm³/mol. The van der Waals surface area contributed by atoms with Gasteiger partial charge in [0.15, 0.2) is 5.96 Å². The lowest BCUT2D eigenvalue weighted by Crippen LogP contribution is -2.48. The van der Waals surface area contributed by atoms with E-state index in [0.29, 0.717) is 12.6 Å². The van der Waals surface area contributed by atoms with E-state index in [9.17, 15) is 9.59 Å². The third-order valence-corrected chi connectivity index (χ3v) is 4.55. The first kappa shape index (κ1) is 21.3. The summed E-state index contributed by atoms with van der Waals surface area (Å²) in [5.41, 5.74) is 0. The van der Waals surface area contributed by atoms with Crippen molar-refractivity contribution in [2.75, 3.05) is 27.2 Å². The molecule has 1 saturated carbocycles. The number of rotatable bonds is 7. The molecule has 0 aromatic heterocycles. The summed E-state index contributed by atoms with van der Waals surface area (Å²) in [6, 6.07) is 0.534. The van der Waals surface area contributed by atoms with Crippen LogP contribution in [0.15, 0.2) is 4.99 Å². The highest BCUT2D eigenvalue weighted by atomic mass is 16.5. The van der Waals surface area contributed by atoms with E-state index in [1.54, 1.807) is 14.1 Å². The maximum Gasteiger partial charge on any atom is 0.308 e. The molecule has 1 aliphatic carbocycles. The van der Waals surface area contributed by atoms with Gasteiger partial charge in [0.25, 0.3) is 0 Å². The summed E-state index contributed by atoms with van der Waals surface area (Å²) in [6.07, 6.45) is 4.41. The molecule has 1 unspecified atom stereocenters. The molecule has 0 saturated heterocycles. The predicted octanol–water partition coefficient (Wildman–Crippen LogP) is 1.53. The summed E-state index contributed by atoms with van der Waals surface area (Å²) in [4.78, 5) is 29.6. The van der Waals surface area contributed by atoms with E-state index in [-0.39, 0.29) is 36.4 Å². The fourth-order valence-electron chi connectivity index (χ4n) is 2.68. The minimum absolute atomic E-state index is 0.0104. The van der Waals surface area contributed by atoms with Gasteiger partial charge in [-0.25, -0.2) is 4.99 Å². The Morgan fingerprint density at radius 3 is 2.36 bits per heavy atom. The highest BCUT2D eigenvalue weighted by Crippen LogP contribution is 2.25. The Balaban J connectivity index is 2.58. The van der Waals surface area contributed by atoms with Crippen molar-refractivity contribution in [3.63, 3.8) is 0 Å². The molecule has 0 heterocycles. The van der Waals surface area contributed by atoms with Gasteiger partial charge in [0, 0.05) is 26.2 Å². The van der Waals surface area contributed by atoms with E-state index >= 15 is 0 Å². The van der Waals surface area contributed by atoms with Crippen LogP contribution in [-0.2, 0) is 14.3 Å². The molecule has 1 atom stereocenters. The lowest BCUT2D eigenvalue weighted by Gasteiger charge is -2.29. The van der Waals surface area contributed by atoms with Gasteiger partial charge in [0.2, 0.25) is 5.91 Å². The van der Waals surface area contributed by atoms with Crippen molar-refractivity contribution in [1.29, 1.82) is 0 Å². The van der Waals surface area contributed by atoms with Gasteiger partial charge in [-0.15, -0.1) is 0 Å². The smallest absolute Gasteiger partial charge is 0.308 e. The van der Waals surface area contributed by atoms with Crippen molar-refractivity contribution in [3.05, 3.63) is 0 Å². The third-order valence-electron chi connectivity index (χ3n) is 4.55. The summed E-state index contributed by atoms with van der Waals surface area (Å²) >= 11 is 0. The van der Waals surface area contributed by atoms with Crippen molar-refractivity contribution in [2.45, 2.75) is 65.0 Å². The van der Waals surface area contributed by atoms with Crippen molar-refractivity contribution >= 4 is 17.8 Å². The average Bonchev–Trinajstić information content (AvgIpc) is 2.59. The number of ether oxygens (including phenoxy) is 1. The van der Waals surface area contributed by atoms with E-state index in [4.69, 9.17) is 4.74 Å². The van der Waals surface area contributed by atoms with Crippen LogP contribution in [0.4, 0.5) is 0 Å². The van der Waals surface area contributed by atoms with Crippen LogP contribution in [0.1, 0.15) is 52.9 Å². The second kappa shape index (κ2) is 10.9. The van der Waals surface area contributed by atoms with Crippen LogP contribution in [0.2, 0.25) is 0 Å². The summed E-state index contributed by atoms with van der Waals surface area (Å²) in [5.74, 6) is 0.570. The van der Waals surface area contributed by atoms with Gasteiger partial charge in [-0.1, -0.05) is 6.92 Å². The van der Waals surface area contributed by atoms with Gasteiger partial charge in [0.05, 0.1) is 12.5 Å². The Bertz CT molecular complexity index is 457. The monoisotopic (exact) mass is 354 g/mol. The molecule has 25 heavy (non-hydrogen) atoms. The number of hydrogen-bond acceptors (Lipinski definition) is 4. The zero-order valence-electron chi connectivity index (χ0n) is 16.3. The largest absolute Gasteiger partial charge is 0.466 e. The van der Waals surface area contributed by atoms with Crippen LogP contribution in [0, 0.1) is 5.92 Å². The zero-order valence-corrected chi connectivity index (χ0v) is 16.3. The van der Waals surface area contributed by atoms with Gasteiger partial charge in [-0.3, -0.25) is 9.59 Å². The zero-order chi connectivity index (χ0) is 18.8. The minimum Gasteiger partial charge on any atom is -0.466 e. The summed E-state index contributed by atoms with van der Waals surface area (Å²) in [6.45, 7) is 6.58. The van der Waals surface area contributed by atoms with Gasteiger partial charge in [0.1, 0.15) is 6.54 Å². The fraction of sp³-hybridized carbons (Fsp3) is 0.833. The van der Waals surface area contributed by atoms with Gasteiger partial charge < -0.3 is 20.3 Å². The number of esters is 1. The fourth-order valence-corrected chi connectivity index (χ4v) is 2.68. The molecule has 7 nitrogen and oxygen atoms in total. The lowest BCUT2D eigenvalue weighted by molar-refractivity contribution is -0.149. The van der Waals surface area contributed by atoms with Crippen LogP contribution in [0.5, 0.6) is 0 Å². The molecule has 0 bridgehead atoms. The maximum absolute atomic E-state index is 11.8. The molecule has 1 rings (SSSR count). The van der Waals surface area contributed by atoms with Gasteiger partial charge >= 0.3 is 5.97 Å². The first-order chi connectivity index (χ1) is 11.9. The Hall–Kier alpha value is -1.79. The topological polar surface area (TPSA) is 83.0 Å². The molecule has 0 spiro atoms. The second-order valence-corrected chi connectivity index (χ2v) is 6.85. The molecule has 0 aliphatic heterocycles. The average molecular weight is 354 g/mol. The van der Waals surface area contributed by atoms with Crippen molar-refractivity contribution in [3.8, 4) is 0 Å². The number of hydrogen-bond donors (Lipinski definition) is 2. The summed E-state index contributed by atoms with van der Waals surface area (Å²) < 4.78 is 5.11. The van der Waals surface area contributed by atoms with Crippen LogP contribution in [-0.4, -0.2) is 62.1 Å². The SMILES string of the molecule is CCOC(=O)C1CCC(NC(=NCC(=O)N(C)C)NC(C)CC)CC1. The Labute approximate surface area is 151 Å². The number of nitrogens with zero attached hydrogens (tertiary/aromatic N) is 2. The van der Waals surface area contributed by atoms with E-state index in [1.807, 2.05) is 6.92 Å².